The van der Waals surface area contributed by atoms with Crippen LogP contribution in [0.3, 0.4) is 0 Å². The number of amides is 1. The van der Waals surface area contributed by atoms with E-state index in [1.54, 1.807) is 14.0 Å². The number of thiazole rings is 1. The maximum Gasteiger partial charge on any atom is 0.283 e. The molecule has 3 N–H and O–H groups in total. The monoisotopic (exact) mass is 290 g/mol. The third-order valence-corrected chi connectivity index (χ3v) is 3.51. The van der Waals surface area contributed by atoms with E-state index in [9.17, 15) is 4.79 Å². The number of methoxy groups -OCH3 is 1. The van der Waals surface area contributed by atoms with Gasteiger partial charge < -0.3 is 10.5 Å². The van der Waals surface area contributed by atoms with Crippen molar-refractivity contribution >= 4 is 28.6 Å². The Balaban J connectivity index is 2.06. The number of nitrogen functional groups attached to an aromatic ring is 1. The van der Waals surface area contributed by atoms with Gasteiger partial charge in [-0.1, -0.05) is 23.5 Å². The molecule has 0 aliphatic carbocycles. The SMILES string of the molecule is COc1ccccc1/C=N\NC(=O)c1sc(N)nc1C. The van der Waals surface area contributed by atoms with Gasteiger partial charge in [-0.2, -0.15) is 5.10 Å². The standard InChI is InChI=1S/C13H14N4O2S/c1-8-11(20-13(14)16-8)12(18)17-15-7-9-5-3-4-6-10(9)19-2/h3-7H,1-2H3,(H2,14,16)(H,17,18)/b15-7-. The largest absolute Gasteiger partial charge is 0.496 e. The molecule has 0 saturated heterocycles. The summed E-state index contributed by atoms with van der Waals surface area (Å²) < 4.78 is 5.18. The van der Waals surface area contributed by atoms with E-state index in [0.717, 1.165) is 16.9 Å². The lowest BCUT2D eigenvalue weighted by molar-refractivity contribution is 0.0958. The van der Waals surface area contributed by atoms with Gasteiger partial charge >= 0.3 is 0 Å². The van der Waals surface area contributed by atoms with E-state index in [0.29, 0.717) is 21.5 Å². The zero-order valence-electron chi connectivity index (χ0n) is 11.1. The van der Waals surface area contributed by atoms with Crippen molar-refractivity contribution < 1.29 is 9.53 Å². The number of aryl methyl sites for hydroxylation is 1. The van der Waals surface area contributed by atoms with E-state index < -0.39 is 0 Å². The van der Waals surface area contributed by atoms with Crippen molar-refractivity contribution in [2.24, 2.45) is 5.10 Å². The molecule has 20 heavy (non-hydrogen) atoms. The maximum atomic E-state index is 11.9. The second-order valence-electron chi connectivity index (χ2n) is 3.91. The van der Waals surface area contributed by atoms with Gasteiger partial charge in [0.25, 0.3) is 5.91 Å². The topological polar surface area (TPSA) is 89.6 Å². The van der Waals surface area contributed by atoms with E-state index >= 15 is 0 Å². The Morgan fingerprint density at radius 1 is 1.50 bits per heavy atom. The number of anilines is 1. The van der Waals surface area contributed by atoms with Crippen LogP contribution in [-0.4, -0.2) is 24.2 Å². The van der Waals surface area contributed by atoms with E-state index in [-0.39, 0.29) is 5.91 Å². The summed E-state index contributed by atoms with van der Waals surface area (Å²) >= 11 is 1.13. The first kappa shape index (κ1) is 14.0. The lowest BCUT2D eigenvalue weighted by Gasteiger charge is -2.02. The first-order chi connectivity index (χ1) is 9.61. The van der Waals surface area contributed by atoms with Crippen LogP contribution in [0, 0.1) is 6.92 Å². The predicted molar refractivity (Wildman–Crippen MR) is 79.3 cm³/mol. The van der Waals surface area contributed by atoms with Crippen LogP contribution in [0.15, 0.2) is 29.4 Å². The molecule has 0 atom stereocenters. The second-order valence-corrected chi connectivity index (χ2v) is 4.94. The zero-order valence-corrected chi connectivity index (χ0v) is 11.9. The molecule has 1 aromatic carbocycles. The fourth-order valence-electron chi connectivity index (χ4n) is 1.61. The summed E-state index contributed by atoms with van der Waals surface area (Å²) in [7, 11) is 1.58. The maximum absolute atomic E-state index is 11.9. The Bertz CT molecular complexity index is 652. The molecule has 0 saturated carbocycles. The number of nitrogens with one attached hydrogen (secondary N) is 1. The minimum Gasteiger partial charge on any atom is -0.496 e. The molecule has 0 radical (unpaired) electrons. The molecule has 6 nitrogen and oxygen atoms in total. The van der Waals surface area contributed by atoms with Crippen LogP contribution < -0.4 is 15.9 Å². The average Bonchev–Trinajstić information content (AvgIpc) is 2.78. The smallest absolute Gasteiger partial charge is 0.283 e. The highest BCUT2D eigenvalue weighted by Gasteiger charge is 2.13. The van der Waals surface area contributed by atoms with E-state index in [1.165, 1.54) is 6.21 Å². The van der Waals surface area contributed by atoms with Crippen molar-refractivity contribution in [3.63, 3.8) is 0 Å². The zero-order chi connectivity index (χ0) is 14.5. The van der Waals surface area contributed by atoms with Gasteiger partial charge in [0.1, 0.15) is 10.6 Å². The van der Waals surface area contributed by atoms with Crippen molar-refractivity contribution in [3.8, 4) is 5.75 Å². The van der Waals surface area contributed by atoms with E-state index in [2.05, 4.69) is 15.5 Å². The third-order valence-electron chi connectivity index (χ3n) is 2.53. The lowest BCUT2D eigenvalue weighted by atomic mass is 10.2. The van der Waals surface area contributed by atoms with Gasteiger partial charge in [-0.3, -0.25) is 4.79 Å². The first-order valence-electron chi connectivity index (χ1n) is 5.81. The summed E-state index contributed by atoms with van der Waals surface area (Å²) in [5.41, 5.74) is 9.36. The number of hydrogen-bond acceptors (Lipinski definition) is 6. The predicted octanol–water partition coefficient (Wildman–Crippen LogP) is 1.81. The number of carbonyl (C=O) groups excluding carboxylic acids is 1. The van der Waals surface area contributed by atoms with Gasteiger partial charge in [0.05, 0.1) is 19.0 Å². The molecule has 1 aromatic heterocycles. The van der Waals surface area contributed by atoms with Crippen molar-refractivity contribution in [1.29, 1.82) is 0 Å². The summed E-state index contributed by atoms with van der Waals surface area (Å²) in [6.07, 6.45) is 1.52. The molecular weight excluding hydrogens is 276 g/mol. The molecule has 0 aliphatic heterocycles. The van der Waals surface area contributed by atoms with Gasteiger partial charge in [-0.15, -0.1) is 0 Å². The summed E-state index contributed by atoms with van der Waals surface area (Å²) in [6.45, 7) is 1.73. The number of nitrogens with two attached hydrogens (primary N) is 1. The van der Waals surface area contributed by atoms with Crippen molar-refractivity contribution in [2.75, 3.05) is 12.8 Å². The Morgan fingerprint density at radius 2 is 2.25 bits per heavy atom. The Morgan fingerprint density at radius 3 is 2.90 bits per heavy atom. The number of hydrazone groups is 1. The van der Waals surface area contributed by atoms with Gasteiger partial charge in [-0.05, 0) is 19.1 Å². The molecule has 0 unspecified atom stereocenters. The molecule has 0 aliphatic rings. The van der Waals surface area contributed by atoms with Crippen LogP contribution in [0.1, 0.15) is 20.9 Å². The number of benzene rings is 1. The Hall–Kier alpha value is -2.41. The number of hydrogen-bond donors (Lipinski definition) is 2. The average molecular weight is 290 g/mol. The molecule has 104 valence electrons. The Kier molecular flexibility index (Phi) is 4.31. The second kappa shape index (κ2) is 6.16. The quantitative estimate of drug-likeness (QED) is 0.663. The van der Waals surface area contributed by atoms with Gasteiger partial charge in [-0.25, -0.2) is 10.4 Å². The molecule has 2 aromatic rings. The lowest BCUT2D eigenvalue weighted by Crippen LogP contribution is -2.17. The van der Waals surface area contributed by atoms with Gasteiger partial charge in [0, 0.05) is 5.56 Å². The molecule has 2 rings (SSSR count). The normalized spacial score (nSPS) is 10.7. The number of aromatic nitrogens is 1. The van der Waals surface area contributed by atoms with E-state index in [1.807, 2.05) is 24.3 Å². The van der Waals surface area contributed by atoms with Crippen LogP contribution in [0.4, 0.5) is 5.13 Å². The molecule has 0 fully saturated rings. The minimum atomic E-state index is -0.331. The highest BCUT2D eigenvalue weighted by atomic mass is 32.1. The van der Waals surface area contributed by atoms with Crippen LogP contribution in [-0.2, 0) is 0 Å². The fraction of sp³-hybridized carbons (Fsp3) is 0.154. The number of nitrogens with zero attached hydrogens (tertiary/aromatic N) is 2. The van der Waals surface area contributed by atoms with Gasteiger partial charge in [0.2, 0.25) is 0 Å². The van der Waals surface area contributed by atoms with Crippen LogP contribution in [0.2, 0.25) is 0 Å². The molecule has 0 bridgehead atoms. The molecular formula is C13H14N4O2S. The summed E-state index contributed by atoms with van der Waals surface area (Å²) in [4.78, 5) is 16.3. The molecule has 1 amide bonds. The fourth-order valence-corrected chi connectivity index (χ4v) is 2.34. The van der Waals surface area contributed by atoms with Crippen molar-refractivity contribution in [1.82, 2.24) is 10.4 Å². The highest BCUT2D eigenvalue weighted by Crippen LogP contribution is 2.19. The van der Waals surface area contributed by atoms with Gasteiger partial charge in [0.15, 0.2) is 5.13 Å². The van der Waals surface area contributed by atoms with Crippen LogP contribution >= 0.6 is 11.3 Å². The number of ether oxygens (including phenoxy) is 1. The molecule has 0 spiro atoms. The summed E-state index contributed by atoms with van der Waals surface area (Å²) in [5.74, 6) is 0.353. The van der Waals surface area contributed by atoms with Crippen molar-refractivity contribution in [3.05, 3.63) is 40.4 Å². The summed E-state index contributed by atoms with van der Waals surface area (Å²) in [6, 6.07) is 7.37. The number of rotatable bonds is 4. The molecule has 7 heteroatoms. The number of para-hydroxylation sites is 1. The Labute approximate surface area is 120 Å². The van der Waals surface area contributed by atoms with Crippen molar-refractivity contribution in [2.45, 2.75) is 6.92 Å². The third kappa shape index (κ3) is 3.12. The molecule has 1 heterocycles. The van der Waals surface area contributed by atoms with Crippen LogP contribution in [0.5, 0.6) is 5.75 Å². The highest BCUT2D eigenvalue weighted by molar-refractivity contribution is 7.17. The summed E-state index contributed by atoms with van der Waals surface area (Å²) in [5, 5.41) is 4.27. The van der Waals surface area contributed by atoms with Crippen LogP contribution in [0.25, 0.3) is 0 Å². The number of carbonyl (C=O) groups is 1. The minimum absolute atomic E-state index is 0.331. The first-order valence-corrected chi connectivity index (χ1v) is 6.62. The van der Waals surface area contributed by atoms with E-state index in [4.69, 9.17) is 10.5 Å².